The minimum Gasteiger partial charge on any atom is -0.391 e. The Labute approximate surface area is 141 Å². The molecule has 5 heteroatoms. The Balaban J connectivity index is 1.50. The molecule has 1 heterocycles. The van der Waals surface area contributed by atoms with Gasteiger partial charge in [0.05, 0.1) is 17.8 Å². The molecule has 0 spiro atoms. The molecule has 2 atom stereocenters. The average molecular weight is 320 g/mol. The fourth-order valence-corrected chi connectivity index (χ4v) is 3.46. The Morgan fingerprint density at radius 1 is 1.25 bits per heavy atom. The number of benzene rings is 2. The van der Waals surface area contributed by atoms with Crippen LogP contribution >= 0.6 is 0 Å². The molecule has 2 N–H and O–H groups in total. The minimum atomic E-state index is -0.363. The fourth-order valence-electron chi connectivity index (χ4n) is 3.46. The molecule has 0 aliphatic heterocycles. The third-order valence-electron chi connectivity index (χ3n) is 4.66. The molecule has 0 saturated carbocycles. The van der Waals surface area contributed by atoms with Gasteiger partial charge in [-0.2, -0.15) is 5.10 Å². The van der Waals surface area contributed by atoms with Gasteiger partial charge in [0.1, 0.15) is 12.7 Å². The van der Waals surface area contributed by atoms with Gasteiger partial charge in [0.25, 0.3) is 0 Å². The smallest absolute Gasteiger partial charge is 0.138 e. The van der Waals surface area contributed by atoms with E-state index in [1.165, 1.54) is 23.0 Å². The number of nitrogens with zero attached hydrogens (tertiary/aromatic N) is 3. The Morgan fingerprint density at radius 3 is 2.92 bits per heavy atom. The maximum Gasteiger partial charge on any atom is 0.138 e. The van der Waals surface area contributed by atoms with Crippen LogP contribution in [0.25, 0.3) is 5.69 Å². The van der Waals surface area contributed by atoms with E-state index in [4.69, 9.17) is 0 Å². The van der Waals surface area contributed by atoms with E-state index in [-0.39, 0.29) is 12.1 Å². The lowest BCUT2D eigenvalue weighted by Crippen LogP contribution is -2.28. The highest BCUT2D eigenvalue weighted by molar-refractivity contribution is 5.42. The van der Waals surface area contributed by atoms with Crippen molar-refractivity contribution in [3.05, 3.63) is 77.4 Å². The summed E-state index contributed by atoms with van der Waals surface area (Å²) in [5.74, 6) is 0. The molecule has 0 amide bonds. The van der Waals surface area contributed by atoms with Gasteiger partial charge in [0.2, 0.25) is 0 Å². The molecule has 122 valence electrons. The van der Waals surface area contributed by atoms with Gasteiger partial charge in [-0.15, -0.1) is 0 Å². The van der Waals surface area contributed by atoms with Crippen LogP contribution in [0.4, 0.5) is 0 Å². The van der Waals surface area contributed by atoms with Crippen LogP contribution in [0.2, 0.25) is 0 Å². The molecule has 0 bridgehead atoms. The maximum absolute atomic E-state index is 10.3. The minimum absolute atomic E-state index is 0.00324. The summed E-state index contributed by atoms with van der Waals surface area (Å²) in [6.45, 7) is 2.79. The molecule has 0 unspecified atom stereocenters. The van der Waals surface area contributed by atoms with Gasteiger partial charge in [-0.1, -0.05) is 36.4 Å². The number of fused-ring (bicyclic) bond motifs is 1. The molecule has 0 radical (unpaired) electrons. The lowest BCUT2D eigenvalue weighted by atomic mass is 10.1. The predicted molar refractivity (Wildman–Crippen MR) is 91.8 cm³/mol. The molecule has 5 nitrogen and oxygen atoms in total. The molecular weight excluding hydrogens is 300 g/mol. The number of aliphatic hydroxyl groups is 1. The number of hydrogen-bond donors (Lipinski definition) is 2. The lowest BCUT2D eigenvalue weighted by molar-refractivity contribution is 0.140. The highest BCUT2D eigenvalue weighted by atomic mass is 16.3. The van der Waals surface area contributed by atoms with E-state index in [9.17, 15) is 5.11 Å². The van der Waals surface area contributed by atoms with Crippen molar-refractivity contribution in [2.24, 2.45) is 0 Å². The first kappa shape index (κ1) is 15.1. The highest BCUT2D eigenvalue weighted by Crippen LogP contribution is 2.31. The third kappa shape index (κ3) is 2.72. The molecule has 1 aliphatic carbocycles. The summed E-state index contributed by atoms with van der Waals surface area (Å²) in [6, 6.07) is 14.5. The van der Waals surface area contributed by atoms with Crippen LogP contribution in [-0.4, -0.2) is 26.0 Å². The average Bonchev–Trinajstić information content (AvgIpc) is 3.20. The summed E-state index contributed by atoms with van der Waals surface area (Å²) in [5.41, 5.74) is 5.81. The molecule has 24 heavy (non-hydrogen) atoms. The number of aromatic nitrogens is 3. The number of nitrogens with one attached hydrogen (secondary N) is 1. The molecule has 1 aliphatic rings. The van der Waals surface area contributed by atoms with Crippen molar-refractivity contribution in [3.63, 3.8) is 0 Å². The molecule has 3 aromatic rings. The number of aliphatic hydroxyl groups excluding tert-OH is 1. The van der Waals surface area contributed by atoms with E-state index in [1.54, 1.807) is 11.0 Å². The van der Waals surface area contributed by atoms with Crippen molar-refractivity contribution in [1.29, 1.82) is 0 Å². The lowest BCUT2D eigenvalue weighted by Gasteiger charge is -2.18. The third-order valence-corrected chi connectivity index (χ3v) is 4.66. The van der Waals surface area contributed by atoms with E-state index < -0.39 is 0 Å². The first-order chi connectivity index (χ1) is 11.7. The zero-order valence-corrected chi connectivity index (χ0v) is 13.6. The monoisotopic (exact) mass is 320 g/mol. The first-order valence-corrected chi connectivity index (χ1v) is 8.16. The summed E-state index contributed by atoms with van der Waals surface area (Å²) in [4.78, 5) is 3.99. The van der Waals surface area contributed by atoms with Gasteiger partial charge in [-0.05, 0) is 35.2 Å². The van der Waals surface area contributed by atoms with Crippen molar-refractivity contribution < 1.29 is 5.11 Å². The molecular formula is C19H20N4O. The van der Waals surface area contributed by atoms with Gasteiger partial charge in [0, 0.05) is 13.0 Å². The topological polar surface area (TPSA) is 63.0 Å². The summed E-state index contributed by atoms with van der Waals surface area (Å²) in [5, 5.41) is 18.0. The quantitative estimate of drug-likeness (QED) is 0.774. The molecule has 4 rings (SSSR count). The Kier molecular flexibility index (Phi) is 3.88. The normalized spacial score (nSPS) is 19.4. The van der Waals surface area contributed by atoms with Gasteiger partial charge >= 0.3 is 0 Å². The van der Waals surface area contributed by atoms with E-state index in [1.807, 2.05) is 12.1 Å². The number of rotatable bonds is 4. The van der Waals surface area contributed by atoms with Gasteiger partial charge in [0.15, 0.2) is 0 Å². The summed E-state index contributed by atoms with van der Waals surface area (Å²) < 4.78 is 1.77. The molecule has 0 fully saturated rings. The molecule has 0 saturated heterocycles. The summed E-state index contributed by atoms with van der Waals surface area (Å²) in [7, 11) is 0. The molecule has 2 aromatic carbocycles. The van der Waals surface area contributed by atoms with Gasteiger partial charge in [-0.3, -0.25) is 0 Å². The van der Waals surface area contributed by atoms with Crippen LogP contribution in [0, 0.1) is 6.92 Å². The largest absolute Gasteiger partial charge is 0.391 e. The number of aryl methyl sites for hydroxylation is 1. The van der Waals surface area contributed by atoms with Crippen LogP contribution in [0.3, 0.4) is 0 Å². The number of hydrogen-bond acceptors (Lipinski definition) is 4. The van der Waals surface area contributed by atoms with Crippen molar-refractivity contribution in [3.8, 4) is 5.69 Å². The van der Waals surface area contributed by atoms with Crippen LogP contribution in [0.15, 0.2) is 55.1 Å². The van der Waals surface area contributed by atoms with E-state index >= 15 is 0 Å². The Hall–Kier alpha value is -2.50. The standard InChI is InChI=1S/C19H20N4O/c1-13-8-14(6-7-17(13)23-12-20-11-22-23)10-21-19-16-5-3-2-4-15(16)9-18(19)24/h2-8,11-12,18-19,21,24H,9-10H2,1H3/t18-,19-/m0/s1. The summed E-state index contributed by atoms with van der Waals surface area (Å²) in [6.07, 6.45) is 3.59. The van der Waals surface area contributed by atoms with Crippen molar-refractivity contribution in [2.75, 3.05) is 0 Å². The van der Waals surface area contributed by atoms with Gasteiger partial charge < -0.3 is 10.4 Å². The molecule has 1 aromatic heterocycles. The van der Waals surface area contributed by atoms with E-state index in [0.717, 1.165) is 17.7 Å². The predicted octanol–water partition coefficient (Wildman–Crippen LogP) is 2.32. The second-order valence-electron chi connectivity index (χ2n) is 6.29. The van der Waals surface area contributed by atoms with E-state index in [0.29, 0.717) is 6.54 Å². The van der Waals surface area contributed by atoms with Crippen molar-refractivity contribution >= 4 is 0 Å². The Morgan fingerprint density at radius 2 is 2.12 bits per heavy atom. The maximum atomic E-state index is 10.3. The SMILES string of the molecule is Cc1cc(CN[C@H]2c3ccccc3C[C@@H]2O)ccc1-n1cncn1. The zero-order valence-electron chi connectivity index (χ0n) is 13.6. The van der Waals surface area contributed by atoms with Crippen LogP contribution < -0.4 is 5.32 Å². The first-order valence-electron chi connectivity index (χ1n) is 8.16. The van der Waals surface area contributed by atoms with Crippen molar-refractivity contribution in [1.82, 2.24) is 20.1 Å². The van der Waals surface area contributed by atoms with Crippen molar-refractivity contribution in [2.45, 2.75) is 32.0 Å². The second kappa shape index (κ2) is 6.19. The van der Waals surface area contributed by atoms with Crippen LogP contribution in [-0.2, 0) is 13.0 Å². The Bertz CT molecular complexity index is 844. The van der Waals surface area contributed by atoms with Crippen LogP contribution in [0.5, 0.6) is 0 Å². The summed E-state index contributed by atoms with van der Waals surface area (Å²) >= 11 is 0. The van der Waals surface area contributed by atoms with Crippen LogP contribution in [0.1, 0.15) is 28.3 Å². The fraction of sp³-hybridized carbons (Fsp3) is 0.263. The van der Waals surface area contributed by atoms with Gasteiger partial charge in [-0.25, -0.2) is 9.67 Å². The highest BCUT2D eigenvalue weighted by Gasteiger charge is 2.30. The second-order valence-corrected chi connectivity index (χ2v) is 6.29. The van der Waals surface area contributed by atoms with E-state index in [2.05, 4.69) is 52.7 Å². The zero-order chi connectivity index (χ0) is 16.5.